The number of aliphatic imine (C=N–C) groups is 1. The highest BCUT2D eigenvalue weighted by atomic mass is 32.2. The normalized spacial score (nSPS) is 12.0. The van der Waals surface area contributed by atoms with E-state index in [-0.39, 0.29) is 5.75 Å². The molecule has 0 atom stereocenters. The van der Waals surface area contributed by atoms with Gasteiger partial charge in [0.05, 0.1) is 24.2 Å². The first kappa shape index (κ1) is 26.4. The summed E-state index contributed by atoms with van der Waals surface area (Å²) in [6.45, 7) is 3.23. The van der Waals surface area contributed by atoms with E-state index in [4.69, 9.17) is 4.84 Å². The fraction of sp³-hybridized carbons (Fsp3) is 0.412. The number of carbonyl (C=O) groups excluding carboxylic acids is 2. The van der Waals surface area contributed by atoms with Crippen LogP contribution in [-0.4, -0.2) is 70.8 Å². The van der Waals surface area contributed by atoms with Crippen molar-refractivity contribution in [1.82, 2.24) is 13.5 Å². The van der Waals surface area contributed by atoms with Crippen molar-refractivity contribution in [3.63, 3.8) is 0 Å². The molecule has 0 N–H and O–H groups in total. The van der Waals surface area contributed by atoms with Gasteiger partial charge in [-0.05, 0) is 43.9 Å². The van der Waals surface area contributed by atoms with Crippen molar-refractivity contribution in [2.45, 2.75) is 20.2 Å². The molecule has 0 radical (unpaired) electrons. The number of hydrogen-bond donors (Lipinski definition) is 0. The summed E-state index contributed by atoms with van der Waals surface area (Å²) >= 11 is 2.09. The van der Waals surface area contributed by atoms with Gasteiger partial charge >= 0.3 is 18.5 Å². The van der Waals surface area contributed by atoms with E-state index < -0.39 is 18.5 Å². The number of rotatable bonds is 6. The molecule has 0 unspecified atom stereocenters. The Bertz CT molecular complexity index is 852. The molecule has 0 spiro atoms. The SMILES string of the molecule is CSC(C)=NOC(=O)N(C)SN(C)C(=O)N(C)C=Nc1ccc(OC(F)(F)F)cc1C. The van der Waals surface area contributed by atoms with E-state index in [0.29, 0.717) is 16.3 Å². The van der Waals surface area contributed by atoms with E-state index in [1.165, 1.54) is 51.4 Å². The van der Waals surface area contributed by atoms with Gasteiger partial charge in [0.1, 0.15) is 10.8 Å². The number of oxime groups is 1. The van der Waals surface area contributed by atoms with Crippen LogP contribution in [0.3, 0.4) is 0 Å². The predicted molar refractivity (Wildman–Crippen MR) is 115 cm³/mol. The van der Waals surface area contributed by atoms with Crippen molar-refractivity contribution >= 4 is 53.1 Å². The van der Waals surface area contributed by atoms with Crippen molar-refractivity contribution < 1.29 is 32.3 Å². The Morgan fingerprint density at radius 3 is 2.35 bits per heavy atom. The fourth-order valence-electron chi connectivity index (χ4n) is 1.84. The maximum Gasteiger partial charge on any atom is 0.573 e. The number of thioether (sulfide) groups is 1. The molecule has 0 fully saturated rings. The maximum atomic E-state index is 12.4. The smallest absolute Gasteiger partial charge is 0.406 e. The van der Waals surface area contributed by atoms with Gasteiger partial charge in [-0.3, -0.25) is 14.0 Å². The molecule has 0 heterocycles. The zero-order valence-corrected chi connectivity index (χ0v) is 19.3. The highest BCUT2D eigenvalue weighted by molar-refractivity contribution is 8.13. The minimum absolute atomic E-state index is 0.354. The molecule has 0 aromatic heterocycles. The molecule has 31 heavy (non-hydrogen) atoms. The first-order valence-corrected chi connectivity index (χ1v) is 10.4. The molecule has 14 heteroatoms. The van der Waals surface area contributed by atoms with Gasteiger partial charge in [0.25, 0.3) is 0 Å². The summed E-state index contributed by atoms with van der Waals surface area (Å²) in [4.78, 5) is 34.3. The lowest BCUT2D eigenvalue weighted by Crippen LogP contribution is -2.37. The summed E-state index contributed by atoms with van der Waals surface area (Å²) in [5.74, 6) is -0.364. The Morgan fingerprint density at radius 1 is 1.16 bits per heavy atom. The number of benzene rings is 1. The summed E-state index contributed by atoms with van der Waals surface area (Å²) in [5, 5.41) is 4.17. The third-order valence-corrected chi connectivity index (χ3v) is 4.85. The van der Waals surface area contributed by atoms with Crippen LogP contribution >= 0.6 is 23.9 Å². The van der Waals surface area contributed by atoms with Crippen molar-refractivity contribution in [2.75, 3.05) is 27.4 Å². The fourth-order valence-corrected chi connectivity index (χ4v) is 2.62. The molecule has 0 saturated carbocycles. The molecule has 0 aliphatic carbocycles. The summed E-state index contributed by atoms with van der Waals surface area (Å²) in [6, 6.07) is 3.13. The maximum absolute atomic E-state index is 12.4. The average molecular weight is 482 g/mol. The van der Waals surface area contributed by atoms with E-state index in [1.807, 2.05) is 0 Å². The van der Waals surface area contributed by atoms with Crippen molar-refractivity contribution in [3.8, 4) is 5.75 Å². The van der Waals surface area contributed by atoms with Gasteiger partial charge in [-0.25, -0.2) is 18.9 Å². The molecule has 3 amide bonds. The molecule has 0 saturated heterocycles. The first-order valence-electron chi connectivity index (χ1n) is 8.46. The molecule has 0 bridgehead atoms. The minimum atomic E-state index is -4.79. The van der Waals surface area contributed by atoms with Crippen LogP contribution in [0.4, 0.5) is 28.4 Å². The monoisotopic (exact) mass is 481 g/mol. The highest BCUT2D eigenvalue weighted by Gasteiger charge is 2.31. The number of hydrogen-bond acceptors (Lipinski definition) is 8. The summed E-state index contributed by atoms with van der Waals surface area (Å²) in [6.07, 6.45) is -2.57. The number of carbonyl (C=O) groups is 2. The highest BCUT2D eigenvalue weighted by Crippen LogP contribution is 2.28. The first-order chi connectivity index (χ1) is 14.3. The van der Waals surface area contributed by atoms with Crippen LogP contribution in [0.1, 0.15) is 12.5 Å². The Labute approximate surface area is 186 Å². The van der Waals surface area contributed by atoms with E-state index in [1.54, 1.807) is 20.1 Å². The lowest BCUT2D eigenvalue weighted by molar-refractivity contribution is -0.274. The molecule has 172 valence electrons. The molecule has 0 aliphatic heterocycles. The number of alkyl halides is 3. The third-order valence-electron chi connectivity index (χ3n) is 3.39. The van der Waals surface area contributed by atoms with Crippen LogP contribution in [-0.2, 0) is 4.84 Å². The van der Waals surface area contributed by atoms with Gasteiger partial charge in [-0.1, -0.05) is 5.16 Å². The Balaban J connectivity index is 2.70. The Hall–Kier alpha value is -2.61. The molecule has 1 rings (SSSR count). The van der Waals surface area contributed by atoms with E-state index in [9.17, 15) is 22.8 Å². The molecule has 9 nitrogen and oxygen atoms in total. The Kier molecular flexibility index (Phi) is 9.97. The number of nitrogens with zero attached hydrogens (tertiary/aromatic N) is 5. The van der Waals surface area contributed by atoms with Crippen LogP contribution in [0.2, 0.25) is 0 Å². The molecule has 1 aromatic rings. The van der Waals surface area contributed by atoms with Gasteiger partial charge in [0.15, 0.2) is 0 Å². The van der Waals surface area contributed by atoms with E-state index in [2.05, 4.69) is 14.9 Å². The number of halogens is 3. The largest absolute Gasteiger partial charge is 0.573 e. The molecule has 1 aromatic carbocycles. The lowest BCUT2D eigenvalue weighted by atomic mass is 10.2. The number of amides is 3. The molecule has 0 aliphatic rings. The third kappa shape index (κ3) is 9.38. The van der Waals surface area contributed by atoms with Crippen LogP contribution < -0.4 is 4.74 Å². The van der Waals surface area contributed by atoms with Gasteiger partial charge < -0.3 is 4.74 Å². The molecular weight excluding hydrogens is 459 g/mol. The second-order valence-electron chi connectivity index (χ2n) is 5.88. The van der Waals surface area contributed by atoms with Crippen LogP contribution in [0, 0.1) is 6.92 Å². The van der Waals surface area contributed by atoms with Crippen LogP contribution in [0.15, 0.2) is 28.3 Å². The van der Waals surface area contributed by atoms with Gasteiger partial charge in [0.2, 0.25) is 0 Å². The summed E-state index contributed by atoms with van der Waals surface area (Å²) < 4.78 is 42.9. The van der Waals surface area contributed by atoms with Crippen molar-refractivity contribution in [3.05, 3.63) is 23.8 Å². The number of urea groups is 1. The van der Waals surface area contributed by atoms with Gasteiger partial charge in [-0.15, -0.1) is 24.9 Å². The van der Waals surface area contributed by atoms with Gasteiger partial charge in [-0.2, -0.15) is 0 Å². The van der Waals surface area contributed by atoms with Crippen molar-refractivity contribution in [1.29, 1.82) is 0 Å². The van der Waals surface area contributed by atoms with Crippen LogP contribution in [0.25, 0.3) is 0 Å². The van der Waals surface area contributed by atoms with Crippen molar-refractivity contribution in [2.24, 2.45) is 10.1 Å². The zero-order valence-electron chi connectivity index (χ0n) is 17.6. The Morgan fingerprint density at radius 2 is 1.81 bits per heavy atom. The van der Waals surface area contributed by atoms with E-state index in [0.717, 1.165) is 31.7 Å². The minimum Gasteiger partial charge on any atom is -0.406 e. The quantitative estimate of drug-likeness (QED) is 0.190. The standard InChI is InChI=1S/C17H22F3N5O4S2/c1-11-9-13(28-17(18,19)20)7-8-14(11)21-10-23(3)15(26)24(4)31-25(5)16(27)29-22-12(2)30-6/h7-10H,1-6H3. The summed E-state index contributed by atoms with van der Waals surface area (Å²) in [7, 11) is 4.28. The topological polar surface area (TPSA) is 87.0 Å². The van der Waals surface area contributed by atoms with E-state index >= 15 is 0 Å². The molecular formula is C17H22F3N5O4S2. The average Bonchev–Trinajstić information content (AvgIpc) is 2.68. The van der Waals surface area contributed by atoms with Gasteiger partial charge in [0, 0.05) is 21.1 Å². The number of aryl methyl sites for hydroxylation is 1. The number of ether oxygens (including phenoxy) is 1. The lowest BCUT2D eigenvalue weighted by Gasteiger charge is -2.23. The second kappa shape index (κ2) is 11.7. The second-order valence-corrected chi connectivity index (χ2v) is 8.14. The van der Waals surface area contributed by atoms with Crippen LogP contribution in [0.5, 0.6) is 5.75 Å². The predicted octanol–water partition coefficient (Wildman–Crippen LogP) is 4.87. The summed E-state index contributed by atoms with van der Waals surface area (Å²) in [5.41, 5.74) is 0.775. The zero-order chi connectivity index (χ0) is 23.8.